The van der Waals surface area contributed by atoms with Crippen molar-refractivity contribution in [3.8, 4) is 11.5 Å². The number of ether oxygens (including phenoxy) is 1. The Kier molecular flexibility index (Phi) is 4.39. The van der Waals surface area contributed by atoms with Gasteiger partial charge in [-0.3, -0.25) is 4.79 Å². The minimum absolute atomic E-state index is 0.0277. The van der Waals surface area contributed by atoms with Crippen LogP contribution in [0.25, 0.3) is 0 Å². The number of hydrogen-bond acceptors (Lipinski definition) is 4. The maximum Gasteiger partial charge on any atom is 0.259 e. The number of rotatable bonds is 4. The predicted octanol–water partition coefficient (Wildman–Crippen LogP) is 2.25. The van der Waals surface area contributed by atoms with E-state index >= 15 is 0 Å². The molecule has 0 aliphatic heterocycles. The van der Waals surface area contributed by atoms with Crippen LogP contribution in [0.4, 0.5) is 10.1 Å². The van der Waals surface area contributed by atoms with Gasteiger partial charge in [0.1, 0.15) is 17.3 Å². The third-order valence-electron chi connectivity index (χ3n) is 2.97. The highest BCUT2D eigenvalue weighted by Gasteiger charge is 2.13. The largest absolute Gasteiger partial charge is 0.507 e. The van der Waals surface area contributed by atoms with Gasteiger partial charge in [0.05, 0.1) is 12.7 Å². The lowest BCUT2D eigenvalue weighted by Crippen LogP contribution is -2.13. The van der Waals surface area contributed by atoms with Crippen LogP contribution in [0.5, 0.6) is 11.5 Å². The molecule has 6 heteroatoms. The molecule has 110 valence electrons. The Morgan fingerprint density at radius 1 is 1.33 bits per heavy atom. The Labute approximate surface area is 121 Å². The molecule has 0 unspecified atom stereocenters. The van der Waals surface area contributed by atoms with Crippen molar-refractivity contribution in [3.05, 3.63) is 53.3 Å². The summed E-state index contributed by atoms with van der Waals surface area (Å²) in [6, 6.07) is 8.41. The number of carbonyl (C=O) groups is 1. The van der Waals surface area contributed by atoms with E-state index in [-0.39, 0.29) is 17.9 Å². The zero-order chi connectivity index (χ0) is 15.4. The van der Waals surface area contributed by atoms with Gasteiger partial charge in [-0.15, -0.1) is 0 Å². The molecule has 1 amide bonds. The number of benzene rings is 2. The second-order valence-electron chi connectivity index (χ2n) is 4.35. The topological polar surface area (TPSA) is 84.6 Å². The van der Waals surface area contributed by atoms with Gasteiger partial charge in [0.15, 0.2) is 0 Å². The Morgan fingerprint density at radius 3 is 2.76 bits per heavy atom. The average Bonchev–Trinajstić information content (AvgIpc) is 2.49. The number of nitrogens with two attached hydrogens (primary N) is 1. The van der Waals surface area contributed by atoms with Gasteiger partial charge in [-0.1, -0.05) is 0 Å². The molecule has 0 fully saturated rings. The summed E-state index contributed by atoms with van der Waals surface area (Å²) in [4.78, 5) is 12.1. The van der Waals surface area contributed by atoms with Gasteiger partial charge < -0.3 is 20.9 Å². The summed E-state index contributed by atoms with van der Waals surface area (Å²) >= 11 is 0. The summed E-state index contributed by atoms with van der Waals surface area (Å²) in [6.45, 7) is 0.0277. The van der Waals surface area contributed by atoms with E-state index in [2.05, 4.69) is 5.32 Å². The maximum atomic E-state index is 13.3. The van der Waals surface area contributed by atoms with Crippen LogP contribution in [0.2, 0.25) is 0 Å². The lowest BCUT2D eigenvalue weighted by molar-refractivity contribution is 0.102. The van der Waals surface area contributed by atoms with Crippen LogP contribution in [0.3, 0.4) is 0 Å². The highest BCUT2D eigenvalue weighted by Crippen LogP contribution is 2.24. The van der Waals surface area contributed by atoms with Gasteiger partial charge in [0, 0.05) is 17.8 Å². The van der Waals surface area contributed by atoms with Crippen molar-refractivity contribution >= 4 is 11.6 Å². The van der Waals surface area contributed by atoms with Gasteiger partial charge >= 0.3 is 0 Å². The molecule has 2 aromatic rings. The highest BCUT2D eigenvalue weighted by molar-refractivity contribution is 6.06. The molecule has 0 radical (unpaired) electrons. The van der Waals surface area contributed by atoms with Gasteiger partial charge in [0.25, 0.3) is 5.91 Å². The average molecular weight is 290 g/mol. The number of anilines is 1. The van der Waals surface area contributed by atoms with Crippen LogP contribution in [0, 0.1) is 5.82 Å². The molecule has 4 N–H and O–H groups in total. The van der Waals surface area contributed by atoms with E-state index in [1.54, 1.807) is 0 Å². The standard InChI is InChI=1S/C15H15FN2O3/c1-21-11-3-5-14(19)12(7-11)15(20)18-10-2-4-13(16)9(6-10)8-17/h2-7,19H,8,17H2,1H3,(H,18,20). The molecule has 21 heavy (non-hydrogen) atoms. The molecule has 0 heterocycles. The fraction of sp³-hybridized carbons (Fsp3) is 0.133. The first kappa shape index (κ1) is 14.8. The Bertz CT molecular complexity index is 674. The number of methoxy groups -OCH3 is 1. The number of carbonyl (C=O) groups excluding carboxylic acids is 1. The second-order valence-corrected chi connectivity index (χ2v) is 4.35. The van der Waals surface area contributed by atoms with Gasteiger partial charge in [-0.25, -0.2) is 4.39 Å². The van der Waals surface area contributed by atoms with Crippen molar-refractivity contribution in [2.45, 2.75) is 6.54 Å². The van der Waals surface area contributed by atoms with E-state index < -0.39 is 11.7 Å². The molecule has 0 aromatic heterocycles. The van der Waals surface area contributed by atoms with Crippen LogP contribution < -0.4 is 15.8 Å². The molecule has 0 aliphatic rings. The molecule has 0 spiro atoms. The fourth-order valence-electron chi connectivity index (χ4n) is 1.83. The number of nitrogens with one attached hydrogen (secondary N) is 1. The molecule has 0 saturated carbocycles. The molecular weight excluding hydrogens is 275 g/mol. The van der Waals surface area contributed by atoms with Crippen molar-refractivity contribution in [1.82, 2.24) is 0 Å². The molecule has 2 aromatic carbocycles. The first-order valence-corrected chi connectivity index (χ1v) is 6.22. The summed E-state index contributed by atoms with van der Waals surface area (Å²) in [7, 11) is 1.46. The lowest BCUT2D eigenvalue weighted by atomic mass is 10.1. The Balaban J connectivity index is 2.25. The van der Waals surface area contributed by atoms with Crippen LogP contribution in [-0.4, -0.2) is 18.1 Å². The second kappa shape index (κ2) is 6.23. The normalized spacial score (nSPS) is 10.2. The van der Waals surface area contributed by atoms with Crippen molar-refractivity contribution < 1.29 is 19.0 Å². The summed E-state index contributed by atoms with van der Waals surface area (Å²) < 4.78 is 18.3. The smallest absolute Gasteiger partial charge is 0.259 e. The Morgan fingerprint density at radius 2 is 2.10 bits per heavy atom. The number of halogens is 1. The number of phenols is 1. The summed E-state index contributed by atoms with van der Waals surface area (Å²) in [5, 5.41) is 12.3. The first-order chi connectivity index (χ1) is 10.0. The molecular formula is C15H15FN2O3. The number of amides is 1. The first-order valence-electron chi connectivity index (χ1n) is 6.22. The molecule has 0 saturated heterocycles. The fourth-order valence-corrected chi connectivity index (χ4v) is 1.83. The van der Waals surface area contributed by atoms with Crippen LogP contribution >= 0.6 is 0 Å². The number of aromatic hydroxyl groups is 1. The molecule has 0 atom stereocenters. The van der Waals surface area contributed by atoms with E-state index in [9.17, 15) is 14.3 Å². The van der Waals surface area contributed by atoms with Crippen molar-refractivity contribution in [2.75, 3.05) is 12.4 Å². The zero-order valence-electron chi connectivity index (χ0n) is 11.4. The van der Waals surface area contributed by atoms with Crippen molar-refractivity contribution in [3.63, 3.8) is 0 Å². The number of hydrogen-bond donors (Lipinski definition) is 3. The van der Waals surface area contributed by atoms with Gasteiger partial charge in [-0.2, -0.15) is 0 Å². The predicted molar refractivity (Wildman–Crippen MR) is 76.9 cm³/mol. The summed E-state index contributed by atoms with van der Waals surface area (Å²) in [6.07, 6.45) is 0. The Hall–Kier alpha value is -2.60. The van der Waals surface area contributed by atoms with Gasteiger partial charge in [0.2, 0.25) is 0 Å². The van der Waals surface area contributed by atoms with Crippen molar-refractivity contribution in [2.24, 2.45) is 5.73 Å². The highest BCUT2D eigenvalue weighted by atomic mass is 19.1. The van der Waals surface area contributed by atoms with Crippen molar-refractivity contribution in [1.29, 1.82) is 0 Å². The minimum atomic E-state index is -0.527. The lowest BCUT2D eigenvalue weighted by Gasteiger charge is -2.10. The molecule has 0 aliphatic carbocycles. The number of phenolic OH excluding ortho intramolecular Hbond substituents is 1. The molecule has 5 nitrogen and oxygen atoms in total. The molecule has 0 bridgehead atoms. The summed E-state index contributed by atoms with van der Waals surface area (Å²) in [5.41, 5.74) is 6.16. The van der Waals surface area contributed by atoms with E-state index in [0.717, 1.165) is 0 Å². The van der Waals surface area contributed by atoms with Crippen LogP contribution in [0.1, 0.15) is 15.9 Å². The van der Waals surface area contributed by atoms with Crippen LogP contribution in [0.15, 0.2) is 36.4 Å². The van der Waals surface area contributed by atoms with E-state index in [1.807, 2.05) is 0 Å². The minimum Gasteiger partial charge on any atom is -0.507 e. The van der Waals surface area contributed by atoms with E-state index in [1.165, 1.54) is 43.5 Å². The SMILES string of the molecule is COc1ccc(O)c(C(=O)Nc2ccc(F)c(CN)c2)c1. The third kappa shape index (κ3) is 3.29. The quantitative estimate of drug-likeness (QED) is 0.806. The summed E-state index contributed by atoms with van der Waals surface area (Å²) in [5.74, 6) is -0.685. The van der Waals surface area contributed by atoms with E-state index in [4.69, 9.17) is 10.5 Å². The van der Waals surface area contributed by atoms with Crippen LogP contribution in [-0.2, 0) is 6.54 Å². The zero-order valence-corrected chi connectivity index (χ0v) is 11.4. The molecule has 2 rings (SSSR count). The third-order valence-corrected chi connectivity index (χ3v) is 2.97. The van der Waals surface area contributed by atoms with Gasteiger partial charge in [-0.05, 0) is 36.4 Å². The monoisotopic (exact) mass is 290 g/mol. The van der Waals surface area contributed by atoms with E-state index in [0.29, 0.717) is 17.0 Å². The maximum absolute atomic E-state index is 13.3.